The Morgan fingerprint density at radius 3 is 2.07 bits per heavy atom. The summed E-state index contributed by atoms with van der Waals surface area (Å²) in [5.41, 5.74) is 2.29. The zero-order valence-corrected chi connectivity index (χ0v) is 15.7. The summed E-state index contributed by atoms with van der Waals surface area (Å²) in [6, 6.07) is 32.1. The van der Waals surface area contributed by atoms with Gasteiger partial charge in [0.2, 0.25) is 0 Å². The van der Waals surface area contributed by atoms with Crippen molar-refractivity contribution in [1.82, 2.24) is 0 Å². The molecule has 0 aromatic heterocycles. The molecule has 0 saturated carbocycles. The number of benzene rings is 5. The average molecular weight is 360 g/mol. The maximum Gasteiger partial charge on any atom is 0.126 e. The number of para-hydroxylation sites is 1. The number of methoxy groups -OCH3 is 1. The minimum Gasteiger partial charge on any atom is -0.496 e. The van der Waals surface area contributed by atoms with Gasteiger partial charge in [-0.2, -0.15) is 0 Å². The quantitative estimate of drug-likeness (QED) is 0.242. The van der Waals surface area contributed by atoms with E-state index in [1.165, 1.54) is 37.9 Å². The molecule has 0 fully saturated rings. The first kappa shape index (κ1) is 16.6. The fraction of sp³-hybridized carbons (Fsp3) is 0.0370. The molecule has 28 heavy (non-hydrogen) atoms. The normalized spacial score (nSPS) is 11.6. The molecule has 0 aliphatic rings. The highest BCUT2D eigenvalue weighted by molar-refractivity contribution is 6.21. The van der Waals surface area contributed by atoms with E-state index < -0.39 is 0 Å². The van der Waals surface area contributed by atoms with Crippen molar-refractivity contribution in [2.45, 2.75) is 0 Å². The lowest BCUT2D eigenvalue weighted by Gasteiger charge is -2.11. The molecule has 1 heteroatoms. The SMILES string of the molecule is COc1ccccc1/C=C\c1cc2ccc3ccccc3c2c2ccccc12. The Kier molecular flexibility index (Phi) is 4.06. The van der Waals surface area contributed by atoms with Crippen LogP contribution in [-0.4, -0.2) is 7.11 Å². The van der Waals surface area contributed by atoms with Gasteiger partial charge in [-0.15, -0.1) is 0 Å². The largest absolute Gasteiger partial charge is 0.496 e. The Morgan fingerprint density at radius 1 is 0.571 bits per heavy atom. The van der Waals surface area contributed by atoms with Crippen molar-refractivity contribution >= 4 is 44.5 Å². The van der Waals surface area contributed by atoms with Gasteiger partial charge in [-0.25, -0.2) is 0 Å². The molecule has 5 rings (SSSR count). The molecule has 0 heterocycles. The van der Waals surface area contributed by atoms with Gasteiger partial charge in [0.05, 0.1) is 7.11 Å². The molecule has 0 aliphatic carbocycles. The van der Waals surface area contributed by atoms with Gasteiger partial charge in [0.15, 0.2) is 0 Å². The lowest BCUT2D eigenvalue weighted by molar-refractivity contribution is 0.414. The van der Waals surface area contributed by atoms with Crippen LogP contribution in [0, 0.1) is 0 Å². The summed E-state index contributed by atoms with van der Waals surface area (Å²) in [4.78, 5) is 0. The predicted octanol–water partition coefficient (Wildman–Crippen LogP) is 7.33. The first-order valence-corrected chi connectivity index (χ1v) is 9.49. The Hall–Kier alpha value is -3.58. The Bertz CT molecular complexity index is 1340. The summed E-state index contributed by atoms with van der Waals surface area (Å²) < 4.78 is 5.49. The Labute approximate surface area is 164 Å². The molecule has 0 spiro atoms. The van der Waals surface area contributed by atoms with E-state index in [2.05, 4.69) is 84.9 Å². The van der Waals surface area contributed by atoms with Crippen LogP contribution in [0.1, 0.15) is 11.1 Å². The van der Waals surface area contributed by atoms with Crippen molar-refractivity contribution in [3.05, 3.63) is 102 Å². The lowest BCUT2D eigenvalue weighted by atomic mass is 9.93. The van der Waals surface area contributed by atoms with Gasteiger partial charge in [0, 0.05) is 5.56 Å². The first-order chi connectivity index (χ1) is 13.8. The van der Waals surface area contributed by atoms with Gasteiger partial charge in [-0.1, -0.05) is 91.0 Å². The number of ether oxygens (including phenoxy) is 1. The van der Waals surface area contributed by atoms with Crippen LogP contribution in [0.15, 0.2) is 91.0 Å². The lowest BCUT2D eigenvalue weighted by Crippen LogP contribution is -1.86. The Morgan fingerprint density at radius 2 is 1.21 bits per heavy atom. The predicted molar refractivity (Wildman–Crippen MR) is 121 cm³/mol. The van der Waals surface area contributed by atoms with Crippen LogP contribution in [-0.2, 0) is 0 Å². The van der Waals surface area contributed by atoms with Crippen molar-refractivity contribution in [2.24, 2.45) is 0 Å². The highest BCUT2D eigenvalue weighted by atomic mass is 16.5. The number of fused-ring (bicyclic) bond motifs is 5. The van der Waals surface area contributed by atoms with E-state index in [1.807, 2.05) is 18.2 Å². The molecular formula is C27H20O. The van der Waals surface area contributed by atoms with Crippen molar-refractivity contribution in [3.63, 3.8) is 0 Å². The summed E-state index contributed by atoms with van der Waals surface area (Å²) in [5, 5.41) is 7.71. The molecule has 5 aromatic carbocycles. The highest BCUT2D eigenvalue weighted by Gasteiger charge is 2.08. The molecule has 0 amide bonds. The van der Waals surface area contributed by atoms with Gasteiger partial charge >= 0.3 is 0 Å². The second-order valence-electron chi connectivity index (χ2n) is 6.97. The van der Waals surface area contributed by atoms with Crippen LogP contribution in [0.4, 0.5) is 0 Å². The molecule has 0 unspecified atom stereocenters. The van der Waals surface area contributed by atoms with E-state index in [0.29, 0.717) is 0 Å². The summed E-state index contributed by atoms with van der Waals surface area (Å²) >= 11 is 0. The summed E-state index contributed by atoms with van der Waals surface area (Å²) in [6.45, 7) is 0. The van der Waals surface area contributed by atoms with Crippen molar-refractivity contribution in [3.8, 4) is 5.75 Å². The standard InChI is InChI=1S/C27H20O/c1-28-26-13-7-3-9-20(26)15-16-21-18-22-17-14-19-8-2-4-11-24(19)27(22)25-12-6-5-10-23(21)25/h2-18H,1H3/b16-15-. The maximum absolute atomic E-state index is 5.49. The zero-order chi connectivity index (χ0) is 18.9. The number of hydrogen-bond acceptors (Lipinski definition) is 1. The molecule has 0 saturated heterocycles. The van der Waals surface area contributed by atoms with Gasteiger partial charge in [-0.05, 0) is 50.0 Å². The molecule has 0 atom stereocenters. The second-order valence-corrected chi connectivity index (χ2v) is 6.97. The molecule has 5 aromatic rings. The number of hydrogen-bond donors (Lipinski definition) is 0. The molecule has 0 aliphatic heterocycles. The van der Waals surface area contributed by atoms with E-state index in [0.717, 1.165) is 11.3 Å². The monoisotopic (exact) mass is 360 g/mol. The summed E-state index contributed by atoms with van der Waals surface area (Å²) in [6.07, 6.45) is 4.32. The minimum atomic E-state index is 0.884. The third-order valence-corrected chi connectivity index (χ3v) is 5.36. The fourth-order valence-electron chi connectivity index (χ4n) is 4.03. The van der Waals surface area contributed by atoms with E-state index >= 15 is 0 Å². The fourth-order valence-corrected chi connectivity index (χ4v) is 4.03. The van der Waals surface area contributed by atoms with Gasteiger partial charge < -0.3 is 4.74 Å². The third kappa shape index (κ3) is 2.73. The summed E-state index contributed by atoms with van der Waals surface area (Å²) in [7, 11) is 1.71. The third-order valence-electron chi connectivity index (χ3n) is 5.36. The molecule has 0 bridgehead atoms. The molecule has 0 N–H and O–H groups in total. The first-order valence-electron chi connectivity index (χ1n) is 9.49. The van der Waals surface area contributed by atoms with Gasteiger partial charge in [0.1, 0.15) is 5.75 Å². The molecule has 1 nitrogen and oxygen atoms in total. The van der Waals surface area contributed by atoms with Gasteiger partial charge in [0.25, 0.3) is 0 Å². The van der Waals surface area contributed by atoms with Gasteiger partial charge in [-0.3, -0.25) is 0 Å². The molecule has 134 valence electrons. The van der Waals surface area contributed by atoms with Crippen LogP contribution in [0.3, 0.4) is 0 Å². The van der Waals surface area contributed by atoms with Crippen LogP contribution >= 0.6 is 0 Å². The topological polar surface area (TPSA) is 9.23 Å². The number of rotatable bonds is 3. The van der Waals surface area contributed by atoms with E-state index in [4.69, 9.17) is 4.74 Å². The average Bonchev–Trinajstić information content (AvgIpc) is 2.77. The van der Waals surface area contributed by atoms with Crippen molar-refractivity contribution in [2.75, 3.05) is 7.11 Å². The van der Waals surface area contributed by atoms with Crippen LogP contribution in [0.25, 0.3) is 44.5 Å². The maximum atomic E-state index is 5.49. The zero-order valence-electron chi connectivity index (χ0n) is 15.7. The van der Waals surface area contributed by atoms with E-state index in [9.17, 15) is 0 Å². The van der Waals surface area contributed by atoms with E-state index in [-0.39, 0.29) is 0 Å². The summed E-state index contributed by atoms with van der Waals surface area (Å²) in [5.74, 6) is 0.884. The van der Waals surface area contributed by atoms with Crippen LogP contribution in [0.2, 0.25) is 0 Å². The minimum absolute atomic E-state index is 0.884. The molecular weight excluding hydrogens is 340 g/mol. The molecule has 0 radical (unpaired) electrons. The van der Waals surface area contributed by atoms with Crippen LogP contribution < -0.4 is 4.74 Å². The Balaban J connectivity index is 1.78. The smallest absolute Gasteiger partial charge is 0.126 e. The highest BCUT2D eigenvalue weighted by Crippen LogP contribution is 2.35. The van der Waals surface area contributed by atoms with Crippen molar-refractivity contribution < 1.29 is 4.74 Å². The van der Waals surface area contributed by atoms with Crippen molar-refractivity contribution in [1.29, 1.82) is 0 Å². The van der Waals surface area contributed by atoms with Crippen LogP contribution in [0.5, 0.6) is 5.75 Å². The van der Waals surface area contributed by atoms with E-state index in [1.54, 1.807) is 7.11 Å². The second kappa shape index (κ2) is 6.86.